The number of fused-ring (bicyclic) bond motifs is 1. The number of aromatic amines is 1. The molecular weight excluding hydrogens is 360 g/mol. The van der Waals surface area contributed by atoms with Crippen molar-refractivity contribution in [2.24, 2.45) is 0 Å². The summed E-state index contributed by atoms with van der Waals surface area (Å²) in [5, 5.41) is 13.3. The van der Waals surface area contributed by atoms with Gasteiger partial charge in [0, 0.05) is 42.9 Å². The molecule has 26 heavy (non-hydrogen) atoms. The van der Waals surface area contributed by atoms with E-state index >= 15 is 0 Å². The summed E-state index contributed by atoms with van der Waals surface area (Å²) in [4.78, 5) is 12.5. The Bertz CT molecular complexity index is 753. The Morgan fingerprint density at radius 2 is 1.88 bits per heavy atom. The lowest BCUT2D eigenvalue weighted by atomic mass is 10.1. The van der Waals surface area contributed by atoms with Crippen molar-refractivity contribution in [1.29, 1.82) is 0 Å². The molecule has 1 aromatic carbocycles. The fraction of sp³-hybridized carbons (Fsp3) is 0.412. The van der Waals surface area contributed by atoms with E-state index in [1.807, 2.05) is 0 Å². The number of nitrogens with zero attached hydrogens (tertiary/aromatic N) is 1. The van der Waals surface area contributed by atoms with Crippen LogP contribution in [0.2, 0.25) is 0 Å². The van der Waals surface area contributed by atoms with E-state index in [4.69, 9.17) is 14.2 Å². The van der Waals surface area contributed by atoms with E-state index in [9.17, 15) is 4.79 Å². The normalized spacial score (nSPS) is 12.6. The number of carbonyl (C=O) groups excluding carboxylic acids is 1. The molecule has 0 saturated heterocycles. The second-order valence-corrected chi connectivity index (χ2v) is 5.65. The van der Waals surface area contributed by atoms with Crippen LogP contribution in [0.3, 0.4) is 0 Å². The highest BCUT2D eigenvalue weighted by molar-refractivity contribution is 5.94. The topological polar surface area (TPSA) is 97.5 Å². The molecule has 2 aromatic rings. The van der Waals surface area contributed by atoms with Crippen molar-refractivity contribution in [1.82, 2.24) is 20.8 Å². The van der Waals surface area contributed by atoms with Crippen LogP contribution < -0.4 is 24.8 Å². The second-order valence-electron chi connectivity index (χ2n) is 5.65. The molecule has 8 nitrogen and oxygen atoms in total. The predicted octanol–water partition coefficient (Wildman–Crippen LogP) is 1.43. The number of nitrogens with one attached hydrogen (secondary N) is 3. The molecule has 0 saturated carbocycles. The number of hydrogen-bond acceptors (Lipinski definition) is 6. The fourth-order valence-electron chi connectivity index (χ4n) is 2.92. The average molecular weight is 383 g/mol. The Hall–Kier alpha value is -2.45. The van der Waals surface area contributed by atoms with E-state index in [1.54, 1.807) is 33.5 Å². The molecule has 142 valence electrons. The Morgan fingerprint density at radius 1 is 1.19 bits per heavy atom. The molecule has 0 bridgehead atoms. The first-order valence-electron chi connectivity index (χ1n) is 8.01. The van der Waals surface area contributed by atoms with E-state index in [-0.39, 0.29) is 24.9 Å². The van der Waals surface area contributed by atoms with Crippen molar-refractivity contribution in [2.45, 2.75) is 19.5 Å². The molecule has 1 amide bonds. The minimum Gasteiger partial charge on any atom is -0.496 e. The average Bonchev–Trinajstić information content (AvgIpc) is 3.09. The third kappa shape index (κ3) is 3.86. The van der Waals surface area contributed by atoms with E-state index in [1.165, 1.54) is 0 Å². The molecule has 0 unspecified atom stereocenters. The summed E-state index contributed by atoms with van der Waals surface area (Å²) in [6.45, 7) is 1.78. The number of hydrogen-bond donors (Lipinski definition) is 3. The summed E-state index contributed by atoms with van der Waals surface area (Å²) in [6, 6.07) is 3.51. The van der Waals surface area contributed by atoms with Crippen molar-refractivity contribution in [3.63, 3.8) is 0 Å². The summed E-state index contributed by atoms with van der Waals surface area (Å²) in [5.41, 5.74) is 3.11. The first-order valence-corrected chi connectivity index (χ1v) is 8.01. The lowest BCUT2D eigenvalue weighted by Gasteiger charge is -2.16. The highest BCUT2D eigenvalue weighted by Crippen LogP contribution is 2.34. The van der Waals surface area contributed by atoms with Gasteiger partial charge < -0.3 is 24.8 Å². The molecule has 0 aliphatic carbocycles. The summed E-state index contributed by atoms with van der Waals surface area (Å²) in [6.07, 6.45) is 0.843. The van der Waals surface area contributed by atoms with Gasteiger partial charge in [0.05, 0.1) is 33.4 Å². The second kappa shape index (κ2) is 8.77. The van der Waals surface area contributed by atoms with Gasteiger partial charge >= 0.3 is 0 Å². The van der Waals surface area contributed by atoms with Gasteiger partial charge in [0.2, 0.25) is 0 Å². The van der Waals surface area contributed by atoms with Gasteiger partial charge in [-0.1, -0.05) is 0 Å². The van der Waals surface area contributed by atoms with Gasteiger partial charge in [-0.05, 0) is 0 Å². The molecule has 2 heterocycles. The van der Waals surface area contributed by atoms with Crippen LogP contribution in [-0.2, 0) is 19.5 Å². The maximum Gasteiger partial charge on any atom is 0.272 e. The number of aromatic nitrogens is 2. The molecule has 3 rings (SSSR count). The van der Waals surface area contributed by atoms with Gasteiger partial charge in [0.15, 0.2) is 5.69 Å². The quantitative estimate of drug-likeness (QED) is 0.699. The molecule has 1 aliphatic rings. The Labute approximate surface area is 158 Å². The van der Waals surface area contributed by atoms with Crippen molar-refractivity contribution >= 4 is 18.3 Å². The monoisotopic (exact) mass is 382 g/mol. The lowest BCUT2D eigenvalue weighted by Crippen LogP contribution is -2.28. The lowest BCUT2D eigenvalue weighted by molar-refractivity contribution is 0.0944. The van der Waals surface area contributed by atoms with Crippen LogP contribution in [-0.4, -0.2) is 44.0 Å². The Morgan fingerprint density at radius 3 is 2.50 bits per heavy atom. The molecular formula is C17H23ClN4O4. The minimum atomic E-state index is -0.235. The zero-order valence-corrected chi connectivity index (χ0v) is 15.8. The summed E-state index contributed by atoms with van der Waals surface area (Å²) >= 11 is 0. The van der Waals surface area contributed by atoms with E-state index in [0.717, 1.165) is 29.8 Å². The number of halogens is 1. The van der Waals surface area contributed by atoms with Gasteiger partial charge in [0.1, 0.15) is 17.2 Å². The minimum absolute atomic E-state index is 0. The zero-order valence-electron chi connectivity index (χ0n) is 15.0. The van der Waals surface area contributed by atoms with Gasteiger partial charge in [-0.25, -0.2) is 0 Å². The van der Waals surface area contributed by atoms with Crippen molar-refractivity contribution < 1.29 is 19.0 Å². The molecule has 0 spiro atoms. The van der Waals surface area contributed by atoms with Crippen molar-refractivity contribution in [2.75, 3.05) is 27.9 Å². The standard InChI is InChI=1S/C17H22N4O4.ClH/c1-23-10-6-14(24-2)12(15(7-10)25-3)9-19-17(22)16-11-8-18-5-4-13(11)20-21-16;/h6-7,18H,4-5,8-9H2,1-3H3,(H,19,22)(H,20,21);1H. The highest BCUT2D eigenvalue weighted by atomic mass is 35.5. The first kappa shape index (κ1) is 19.9. The first-order chi connectivity index (χ1) is 12.2. The van der Waals surface area contributed by atoms with Gasteiger partial charge in [0.25, 0.3) is 5.91 Å². The highest BCUT2D eigenvalue weighted by Gasteiger charge is 2.22. The number of ether oxygens (including phenoxy) is 3. The van der Waals surface area contributed by atoms with Crippen LogP contribution in [0, 0.1) is 0 Å². The third-order valence-corrected chi connectivity index (χ3v) is 4.26. The Balaban J connectivity index is 0.00000243. The van der Waals surface area contributed by atoms with Gasteiger partial charge in [-0.3, -0.25) is 9.89 Å². The number of H-pyrrole nitrogens is 1. The summed E-state index contributed by atoms with van der Waals surface area (Å²) in [5.74, 6) is 1.56. The van der Waals surface area contributed by atoms with Crippen LogP contribution in [0.25, 0.3) is 0 Å². The van der Waals surface area contributed by atoms with Gasteiger partial charge in [-0.15, -0.1) is 12.4 Å². The molecule has 0 radical (unpaired) electrons. The molecule has 1 aliphatic heterocycles. The molecule has 9 heteroatoms. The summed E-state index contributed by atoms with van der Waals surface area (Å²) < 4.78 is 16.0. The number of rotatable bonds is 6. The number of methoxy groups -OCH3 is 3. The van der Waals surface area contributed by atoms with Crippen LogP contribution in [0.4, 0.5) is 0 Å². The fourth-order valence-corrected chi connectivity index (χ4v) is 2.92. The van der Waals surface area contributed by atoms with Crippen LogP contribution in [0.5, 0.6) is 17.2 Å². The van der Waals surface area contributed by atoms with Crippen LogP contribution in [0.1, 0.15) is 27.3 Å². The van der Waals surface area contributed by atoms with Crippen LogP contribution in [0.15, 0.2) is 12.1 Å². The van der Waals surface area contributed by atoms with E-state index in [0.29, 0.717) is 29.5 Å². The molecule has 0 atom stereocenters. The number of carbonyl (C=O) groups is 1. The van der Waals surface area contributed by atoms with Crippen molar-refractivity contribution in [3.05, 3.63) is 34.6 Å². The summed E-state index contributed by atoms with van der Waals surface area (Å²) in [7, 11) is 4.70. The zero-order chi connectivity index (χ0) is 17.8. The number of benzene rings is 1. The Kier molecular flexibility index (Phi) is 6.70. The third-order valence-electron chi connectivity index (χ3n) is 4.26. The number of amides is 1. The SMILES string of the molecule is COc1cc(OC)c(CNC(=O)c2n[nH]c3c2CNCC3)c(OC)c1.Cl. The molecule has 3 N–H and O–H groups in total. The smallest absolute Gasteiger partial charge is 0.272 e. The van der Waals surface area contributed by atoms with Gasteiger partial charge in [-0.2, -0.15) is 5.10 Å². The van der Waals surface area contributed by atoms with E-state index in [2.05, 4.69) is 20.8 Å². The largest absolute Gasteiger partial charge is 0.496 e. The maximum atomic E-state index is 12.5. The molecule has 0 fully saturated rings. The predicted molar refractivity (Wildman–Crippen MR) is 98.5 cm³/mol. The van der Waals surface area contributed by atoms with Crippen LogP contribution >= 0.6 is 12.4 Å². The van der Waals surface area contributed by atoms with E-state index < -0.39 is 0 Å². The maximum absolute atomic E-state index is 12.5. The molecule has 1 aromatic heterocycles. The van der Waals surface area contributed by atoms with Crippen molar-refractivity contribution in [3.8, 4) is 17.2 Å².